The molecular weight excluding hydrogens is 270 g/mol. The van der Waals surface area contributed by atoms with Crippen LogP contribution < -0.4 is 0 Å². The lowest BCUT2D eigenvalue weighted by Gasteiger charge is -2.60. The maximum absolute atomic E-state index is 5.06. The number of rotatable bonds is 1. The van der Waals surface area contributed by atoms with Crippen LogP contribution in [0.5, 0.6) is 0 Å². The summed E-state index contributed by atoms with van der Waals surface area (Å²) >= 11 is 0. The number of nitrogens with zero attached hydrogens (tertiary/aromatic N) is 1. The van der Waals surface area contributed by atoms with E-state index in [9.17, 15) is 0 Å². The number of fused-ring (bicyclic) bond motifs is 5. The number of hydrogen-bond donors (Lipinski definition) is 0. The Labute approximate surface area is 136 Å². The molecule has 22 heavy (non-hydrogen) atoms. The van der Waals surface area contributed by atoms with Crippen LogP contribution in [0.1, 0.15) is 78.1 Å². The maximum atomic E-state index is 5.06. The average Bonchev–Trinajstić information content (AvgIpc) is 2.89. The predicted octanol–water partition coefficient (Wildman–Crippen LogP) is 5.42. The summed E-state index contributed by atoms with van der Waals surface area (Å²) in [6.07, 6.45) is 14.2. The van der Waals surface area contributed by atoms with E-state index in [2.05, 4.69) is 19.0 Å². The van der Waals surface area contributed by atoms with Crippen molar-refractivity contribution in [2.24, 2.45) is 39.7 Å². The second kappa shape index (κ2) is 5.24. The minimum absolute atomic E-state index is 0.583. The summed E-state index contributed by atoms with van der Waals surface area (Å²) in [6, 6.07) is 0. The monoisotopic (exact) mass is 303 g/mol. The van der Waals surface area contributed by atoms with Crippen molar-refractivity contribution in [2.75, 3.05) is 7.11 Å². The third-order valence-corrected chi connectivity index (χ3v) is 8.50. The first kappa shape index (κ1) is 15.0. The highest BCUT2D eigenvalue weighted by Crippen LogP contribution is 2.65. The van der Waals surface area contributed by atoms with E-state index in [1.54, 1.807) is 7.11 Å². The van der Waals surface area contributed by atoms with E-state index in [0.717, 1.165) is 23.7 Å². The molecule has 0 N–H and O–H groups in total. The highest BCUT2D eigenvalue weighted by Gasteiger charge is 2.57. The first-order valence-corrected chi connectivity index (χ1v) is 9.66. The molecule has 2 heteroatoms. The summed E-state index contributed by atoms with van der Waals surface area (Å²) < 4.78 is 0. The van der Waals surface area contributed by atoms with Crippen LogP contribution in [0.2, 0.25) is 0 Å². The third-order valence-electron chi connectivity index (χ3n) is 8.50. The number of hydrogen-bond acceptors (Lipinski definition) is 2. The summed E-state index contributed by atoms with van der Waals surface area (Å²) in [5.74, 6) is 3.93. The van der Waals surface area contributed by atoms with Gasteiger partial charge in [0.05, 0.1) is 5.71 Å². The molecule has 0 spiro atoms. The molecule has 4 fully saturated rings. The van der Waals surface area contributed by atoms with Crippen LogP contribution in [-0.4, -0.2) is 12.8 Å². The molecule has 6 unspecified atom stereocenters. The fraction of sp³-hybridized carbons (Fsp3) is 0.950. The molecule has 0 aromatic rings. The van der Waals surface area contributed by atoms with Crippen LogP contribution in [0, 0.1) is 34.5 Å². The first-order valence-electron chi connectivity index (χ1n) is 9.66. The Morgan fingerprint density at radius 1 is 1.00 bits per heavy atom. The van der Waals surface area contributed by atoms with Crippen LogP contribution in [0.3, 0.4) is 0 Å². The molecule has 0 heterocycles. The lowest BCUT2D eigenvalue weighted by atomic mass is 9.45. The lowest BCUT2D eigenvalue weighted by Crippen LogP contribution is -2.52. The summed E-state index contributed by atoms with van der Waals surface area (Å²) in [5, 5.41) is 4.29. The molecule has 0 radical (unpaired) electrons. The van der Waals surface area contributed by atoms with Gasteiger partial charge in [0, 0.05) is 0 Å². The van der Waals surface area contributed by atoms with E-state index in [1.807, 2.05) is 0 Å². The van der Waals surface area contributed by atoms with E-state index >= 15 is 0 Å². The van der Waals surface area contributed by atoms with Crippen LogP contribution in [-0.2, 0) is 4.84 Å². The SMILES string of the molecule is CO/N=C1\CCC2(C)C(CCC3C4CCCC4(C)CCC32)C1. The van der Waals surface area contributed by atoms with Crippen LogP contribution in [0.4, 0.5) is 0 Å². The van der Waals surface area contributed by atoms with Crippen molar-refractivity contribution in [3.8, 4) is 0 Å². The van der Waals surface area contributed by atoms with Gasteiger partial charge < -0.3 is 4.84 Å². The van der Waals surface area contributed by atoms with Crippen LogP contribution in [0.15, 0.2) is 5.16 Å². The van der Waals surface area contributed by atoms with Gasteiger partial charge in [-0.25, -0.2) is 0 Å². The smallest absolute Gasteiger partial charge is 0.106 e. The molecule has 0 aromatic carbocycles. The third kappa shape index (κ3) is 2.08. The van der Waals surface area contributed by atoms with Crippen LogP contribution in [0.25, 0.3) is 0 Å². The molecule has 4 saturated carbocycles. The van der Waals surface area contributed by atoms with Gasteiger partial charge >= 0.3 is 0 Å². The number of oxime groups is 1. The molecular formula is C20H33NO. The van der Waals surface area contributed by atoms with Crippen molar-refractivity contribution in [3.05, 3.63) is 0 Å². The fourth-order valence-corrected chi connectivity index (χ4v) is 7.26. The maximum Gasteiger partial charge on any atom is 0.106 e. The van der Waals surface area contributed by atoms with Crippen molar-refractivity contribution < 1.29 is 4.84 Å². The standard InChI is InChI=1S/C20H33NO/c1-19-10-4-5-17(19)16-7-6-14-13-15(21-22-3)8-12-20(14,2)18(16)9-11-19/h14,16-18H,4-13H2,1-3H3/b21-15+. The average molecular weight is 303 g/mol. The largest absolute Gasteiger partial charge is 0.399 e. The Hall–Kier alpha value is -0.530. The van der Waals surface area contributed by atoms with Gasteiger partial charge in [-0.15, -0.1) is 0 Å². The second-order valence-corrected chi connectivity index (χ2v) is 9.29. The van der Waals surface area contributed by atoms with Crippen molar-refractivity contribution in [2.45, 2.75) is 78.1 Å². The normalized spacial score (nSPS) is 52.8. The lowest BCUT2D eigenvalue weighted by molar-refractivity contribution is -0.0921. The Bertz CT molecular complexity index is 472. The van der Waals surface area contributed by atoms with Gasteiger partial charge in [0.25, 0.3) is 0 Å². The van der Waals surface area contributed by atoms with Gasteiger partial charge in [-0.1, -0.05) is 25.4 Å². The van der Waals surface area contributed by atoms with Gasteiger partial charge in [-0.2, -0.15) is 0 Å². The molecule has 0 aromatic heterocycles. The van der Waals surface area contributed by atoms with Crippen molar-refractivity contribution in [3.63, 3.8) is 0 Å². The molecule has 6 atom stereocenters. The van der Waals surface area contributed by atoms with Gasteiger partial charge in [-0.05, 0) is 92.3 Å². The summed E-state index contributed by atoms with van der Waals surface area (Å²) in [4.78, 5) is 5.06. The van der Waals surface area contributed by atoms with Gasteiger partial charge in [0.1, 0.15) is 7.11 Å². The first-order chi connectivity index (χ1) is 10.6. The zero-order valence-corrected chi connectivity index (χ0v) is 14.7. The summed E-state index contributed by atoms with van der Waals surface area (Å²) in [5.41, 5.74) is 2.60. The van der Waals surface area contributed by atoms with E-state index in [-0.39, 0.29) is 0 Å². The molecule has 2 nitrogen and oxygen atoms in total. The Balaban J connectivity index is 1.58. The van der Waals surface area contributed by atoms with E-state index in [4.69, 9.17) is 4.84 Å². The van der Waals surface area contributed by atoms with Crippen molar-refractivity contribution in [1.29, 1.82) is 0 Å². The van der Waals surface area contributed by atoms with Gasteiger partial charge in [0.15, 0.2) is 0 Å². The Morgan fingerprint density at radius 3 is 2.68 bits per heavy atom. The van der Waals surface area contributed by atoms with Gasteiger partial charge in [-0.3, -0.25) is 0 Å². The molecule has 0 amide bonds. The quantitative estimate of drug-likeness (QED) is 0.593. The molecule has 4 aliphatic carbocycles. The topological polar surface area (TPSA) is 21.6 Å². The zero-order chi connectivity index (χ0) is 15.4. The van der Waals surface area contributed by atoms with Gasteiger partial charge in [0.2, 0.25) is 0 Å². The predicted molar refractivity (Wildman–Crippen MR) is 90.8 cm³/mol. The molecule has 0 bridgehead atoms. The van der Waals surface area contributed by atoms with Crippen molar-refractivity contribution >= 4 is 5.71 Å². The second-order valence-electron chi connectivity index (χ2n) is 9.29. The van der Waals surface area contributed by atoms with E-state index < -0.39 is 0 Å². The zero-order valence-electron chi connectivity index (χ0n) is 14.7. The highest BCUT2D eigenvalue weighted by atomic mass is 16.6. The Morgan fingerprint density at radius 2 is 1.86 bits per heavy atom. The molecule has 4 aliphatic rings. The molecule has 4 rings (SSSR count). The summed E-state index contributed by atoms with van der Waals surface area (Å²) in [7, 11) is 1.69. The molecule has 0 saturated heterocycles. The Kier molecular flexibility index (Phi) is 3.58. The van der Waals surface area contributed by atoms with Crippen LogP contribution >= 0.6 is 0 Å². The minimum atomic E-state index is 0.583. The summed E-state index contributed by atoms with van der Waals surface area (Å²) in [6.45, 7) is 5.25. The molecule has 124 valence electrons. The van der Waals surface area contributed by atoms with E-state index in [0.29, 0.717) is 10.8 Å². The van der Waals surface area contributed by atoms with E-state index in [1.165, 1.54) is 69.9 Å². The minimum Gasteiger partial charge on any atom is -0.399 e. The van der Waals surface area contributed by atoms with Crippen molar-refractivity contribution in [1.82, 2.24) is 0 Å². The highest BCUT2D eigenvalue weighted by molar-refractivity contribution is 5.85. The molecule has 0 aliphatic heterocycles. The fourth-order valence-electron chi connectivity index (χ4n) is 7.26.